The number of nitrogens with one attached hydrogen (secondary N) is 1. The highest BCUT2D eigenvalue weighted by Crippen LogP contribution is 2.62. The van der Waals surface area contributed by atoms with Gasteiger partial charge in [-0.2, -0.15) is 0 Å². The summed E-state index contributed by atoms with van der Waals surface area (Å²) < 4.78 is 12.9. The SMILES string of the molecule is c1ccc2c(c1)Oc1ccc(-c3ccc(Nc4ccc(-c5cccc6c5oc5ccccc56)cc4)cc3)cc1C21c2ccccc2-c2ccccc21. The lowest BCUT2D eigenvalue weighted by Crippen LogP contribution is -2.32. The molecule has 1 aliphatic heterocycles. The number of para-hydroxylation sites is 3. The molecule has 2 heterocycles. The van der Waals surface area contributed by atoms with Gasteiger partial charge in [0, 0.05) is 38.8 Å². The molecule has 244 valence electrons. The predicted octanol–water partition coefficient (Wildman–Crippen LogP) is 13.1. The summed E-state index contributed by atoms with van der Waals surface area (Å²) in [6.45, 7) is 0. The third-order valence-electron chi connectivity index (χ3n) is 11.0. The maximum Gasteiger partial charge on any atom is 0.143 e. The maximum atomic E-state index is 6.63. The Bertz CT molecular complexity index is 2800. The fourth-order valence-electron chi connectivity index (χ4n) is 8.66. The quantitative estimate of drug-likeness (QED) is 0.203. The Labute approximate surface area is 301 Å². The van der Waals surface area contributed by atoms with Crippen molar-refractivity contribution in [2.75, 3.05) is 5.32 Å². The molecule has 9 aromatic rings. The van der Waals surface area contributed by atoms with Gasteiger partial charge in [-0.3, -0.25) is 0 Å². The van der Waals surface area contributed by atoms with E-state index in [1.165, 1.54) is 33.4 Å². The molecular formula is C49H31NO2. The molecule has 0 fully saturated rings. The molecule has 2 aliphatic rings. The normalized spacial score (nSPS) is 13.3. The summed E-state index contributed by atoms with van der Waals surface area (Å²) in [6.07, 6.45) is 0. The van der Waals surface area contributed by atoms with Crippen LogP contribution in [0.4, 0.5) is 11.4 Å². The van der Waals surface area contributed by atoms with E-state index in [0.717, 1.165) is 67.1 Å². The lowest BCUT2D eigenvalue weighted by atomic mass is 9.66. The van der Waals surface area contributed by atoms with Gasteiger partial charge in [-0.1, -0.05) is 133 Å². The van der Waals surface area contributed by atoms with Crippen LogP contribution < -0.4 is 10.1 Å². The molecule has 0 bridgehead atoms. The molecule has 1 spiro atoms. The first-order valence-corrected chi connectivity index (χ1v) is 17.8. The zero-order valence-corrected chi connectivity index (χ0v) is 28.1. The van der Waals surface area contributed by atoms with Crippen LogP contribution in [0.25, 0.3) is 55.3 Å². The number of furan rings is 1. The van der Waals surface area contributed by atoms with E-state index >= 15 is 0 Å². The molecule has 8 aromatic carbocycles. The van der Waals surface area contributed by atoms with Gasteiger partial charge < -0.3 is 14.5 Å². The summed E-state index contributed by atoms with van der Waals surface area (Å²) in [5.74, 6) is 1.80. The summed E-state index contributed by atoms with van der Waals surface area (Å²) >= 11 is 0. The third-order valence-corrected chi connectivity index (χ3v) is 11.0. The van der Waals surface area contributed by atoms with E-state index in [9.17, 15) is 0 Å². The highest BCUT2D eigenvalue weighted by atomic mass is 16.5. The summed E-state index contributed by atoms with van der Waals surface area (Å²) in [5, 5.41) is 5.88. The van der Waals surface area contributed by atoms with Crippen LogP contribution in [0, 0.1) is 0 Å². The van der Waals surface area contributed by atoms with Gasteiger partial charge in [0.25, 0.3) is 0 Å². The number of benzene rings is 8. The molecule has 0 saturated heterocycles. The third kappa shape index (κ3) is 4.14. The monoisotopic (exact) mass is 665 g/mol. The molecule has 1 aliphatic carbocycles. The maximum absolute atomic E-state index is 6.63. The van der Waals surface area contributed by atoms with Crippen molar-refractivity contribution in [3.63, 3.8) is 0 Å². The molecule has 0 saturated carbocycles. The molecule has 1 N–H and O–H groups in total. The number of ether oxygens (including phenoxy) is 1. The van der Waals surface area contributed by atoms with Crippen LogP contribution in [-0.2, 0) is 5.41 Å². The zero-order valence-electron chi connectivity index (χ0n) is 28.1. The minimum atomic E-state index is -0.475. The Morgan fingerprint density at radius 2 is 0.942 bits per heavy atom. The molecule has 3 heteroatoms. The standard InChI is InChI=1S/C49H31NO2/c1-4-15-41-37(10-1)38-11-2-5-16-42(38)49(41)43-17-6-8-19-46(43)51-47-29-24-33(30-44(47)49)31-20-25-34(26-21-31)50-35-27-22-32(23-28-35)36-13-9-14-40-39-12-3-7-18-45(39)52-48(36)40/h1-30,50H. The zero-order chi connectivity index (χ0) is 34.2. The molecular weight excluding hydrogens is 635 g/mol. The van der Waals surface area contributed by atoms with Crippen molar-refractivity contribution in [1.82, 2.24) is 0 Å². The van der Waals surface area contributed by atoms with Gasteiger partial charge in [0.05, 0.1) is 5.41 Å². The largest absolute Gasteiger partial charge is 0.457 e. The average Bonchev–Trinajstić information content (AvgIpc) is 3.73. The Morgan fingerprint density at radius 1 is 0.385 bits per heavy atom. The van der Waals surface area contributed by atoms with Gasteiger partial charge in [-0.25, -0.2) is 0 Å². The second-order valence-electron chi connectivity index (χ2n) is 13.7. The van der Waals surface area contributed by atoms with E-state index in [1.807, 2.05) is 12.1 Å². The van der Waals surface area contributed by atoms with E-state index in [1.54, 1.807) is 0 Å². The van der Waals surface area contributed by atoms with Crippen LogP contribution in [0.15, 0.2) is 186 Å². The number of hydrogen-bond acceptors (Lipinski definition) is 3. The number of rotatable bonds is 4. The van der Waals surface area contributed by atoms with Gasteiger partial charge in [-0.15, -0.1) is 0 Å². The van der Waals surface area contributed by atoms with Crippen LogP contribution in [0.2, 0.25) is 0 Å². The van der Waals surface area contributed by atoms with E-state index in [0.29, 0.717) is 0 Å². The lowest BCUT2D eigenvalue weighted by molar-refractivity contribution is 0.436. The van der Waals surface area contributed by atoms with Crippen LogP contribution >= 0.6 is 0 Å². The summed E-state index contributed by atoms with van der Waals surface area (Å²) in [4.78, 5) is 0. The van der Waals surface area contributed by atoms with Crippen LogP contribution in [0.3, 0.4) is 0 Å². The second kappa shape index (κ2) is 11.1. The molecule has 11 rings (SSSR count). The second-order valence-corrected chi connectivity index (χ2v) is 13.7. The first-order chi connectivity index (χ1) is 25.8. The number of fused-ring (bicyclic) bond motifs is 12. The van der Waals surface area contributed by atoms with Crippen molar-refractivity contribution in [3.05, 3.63) is 204 Å². The number of anilines is 2. The molecule has 0 unspecified atom stereocenters. The minimum absolute atomic E-state index is 0.475. The Balaban J connectivity index is 0.929. The Kier molecular flexibility index (Phi) is 6.17. The highest BCUT2D eigenvalue weighted by molar-refractivity contribution is 6.09. The van der Waals surface area contributed by atoms with E-state index < -0.39 is 5.41 Å². The molecule has 0 radical (unpaired) electrons. The van der Waals surface area contributed by atoms with E-state index in [-0.39, 0.29) is 0 Å². The van der Waals surface area contributed by atoms with Crippen LogP contribution in [0.1, 0.15) is 22.3 Å². The van der Waals surface area contributed by atoms with Crippen molar-refractivity contribution in [2.24, 2.45) is 0 Å². The fourth-order valence-corrected chi connectivity index (χ4v) is 8.66. The molecule has 0 amide bonds. The summed E-state index contributed by atoms with van der Waals surface area (Å²) in [5.41, 5.74) is 15.4. The molecule has 0 atom stereocenters. The molecule has 52 heavy (non-hydrogen) atoms. The summed E-state index contributed by atoms with van der Waals surface area (Å²) in [7, 11) is 0. The van der Waals surface area contributed by atoms with Crippen molar-refractivity contribution < 1.29 is 9.15 Å². The van der Waals surface area contributed by atoms with Crippen molar-refractivity contribution in [2.45, 2.75) is 5.41 Å². The van der Waals surface area contributed by atoms with Gasteiger partial charge >= 0.3 is 0 Å². The lowest BCUT2D eigenvalue weighted by Gasteiger charge is -2.39. The molecule has 1 aromatic heterocycles. The molecule has 3 nitrogen and oxygen atoms in total. The van der Waals surface area contributed by atoms with Gasteiger partial charge in [-0.05, 0) is 87.5 Å². The van der Waals surface area contributed by atoms with Crippen LogP contribution in [0.5, 0.6) is 11.5 Å². The predicted molar refractivity (Wildman–Crippen MR) is 212 cm³/mol. The number of hydrogen-bond donors (Lipinski definition) is 1. The van der Waals surface area contributed by atoms with Gasteiger partial charge in [0.2, 0.25) is 0 Å². The minimum Gasteiger partial charge on any atom is -0.457 e. The highest BCUT2D eigenvalue weighted by Gasteiger charge is 2.50. The first kappa shape index (κ1) is 28.9. The van der Waals surface area contributed by atoms with Crippen LogP contribution in [-0.4, -0.2) is 0 Å². The van der Waals surface area contributed by atoms with Crippen molar-refractivity contribution in [3.8, 4) is 44.9 Å². The van der Waals surface area contributed by atoms with Crippen molar-refractivity contribution >= 4 is 33.3 Å². The van der Waals surface area contributed by atoms with Gasteiger partial charge in [0.15, 0.2) is 0 Å². The average molecular weight is 666 g/mol. The Hall–Kier alpha value is -6.84. The van der Waals surface area contributed by atoms with E-state index in [2.05, 4.69) is 175 Å². The fraction of sp³-hybridized carbons (Fsp3) is 0.0204. The van der Waals surface area contributed by atoms with Gasteiger partial charge in [0.1, 0.15) is 22.7 Å². The summed E-state index contributed by atoms with van der Waals surface area (Å²) in [6, 6.07) is 64.7. The van der Waals surface area contributed by atoms with Crippen molar-refractivity contribution in [1.29, 1.82) is 0 Å². The topological polar surface area (TPSA) is 34.4 Å². The first-order valence-electron chi connectivity index (χ1n) is 17.8. The van der Waals surface area contributed by atoms with E-state index in [4.69, 9.17) is 9.15 Å². The Morgan fingerprint density at radius 3 is 1.69 bits per heavy atom. The smallest absolute Gasteiger partial charge is 0.143 e.